The first-order chi connectivity index (χ1) is 35.0. The maximum Gasteiger partial charge on any atom is 2.00 e. The number of hydrogen-bond donors (Lipinski definition) is 0. The van der Waals surface area contributed by atoms with Gasteiger partial charge in [0.2, 0.25) is 0 Å². The van der Waals surface area contributed by atoms with Gasteiger partial charge in [-0.2, -0.15) is 6.07 Å². The number of benzene rings is 7. The predicted octanol–water partition coefficient (Wildman–Crippen LogP) is 17.6. The van der Waals surface area contributed by atoms with E-state index in [9.17, 15) is 0 Å². The Kier molecular flexibility index (Phi) is 12.7. The minimum atomic E-state index is -0.763. The molecule has 4 heterocycles. The molecule has 0 bridgehead atoms. The van der Waals surface area contributed by atoms with Crippen LogP contribution < -0.4 is 4.90 Å². The third-order valence-electron chi connectivity index (χ3n) is 16.9. The Labute approximate surface area is 460 Å². The van der Waals surface area contributed by atoms with E-state index in [-0.39, 0.29) is 43.2 Å². The molecule has 0 spiro atoms. The van der Waals surface area contributed by atoms with Gasteiger partial charge < -0.3 is 14.2 Å². The second kappa shape index (κ2) is 18.3. The standard InChI is InChI=1S/C69H70N4O.Pt/c1-42-26-28-57-53(34-42)54-40-56-60(41-59(54)73(57)61-39-51(30-31-70-61)65(6,7)8)72(58-29-27-43(2)35-55(58)67(56,12)13)52-37-49(62-45(4)32-44(3)33-46(62)5)36-50(38-52)64-71-68(14,69(15,74-64)66(9,10)11)63(47-22-18-16-19-23-47)48-24-20-17-21-25-48;/h16-37,39-40,63H,1-15H3;/q-2;+2/t68-,69-;/m1./s1. The summed E-state index contributed by atoms with van der Waals surface area (Å²) in [5.74, 6) is 1.35. The van der Waals surface area contributed by atoms with Gasteiger partial charge in [-0.05, 0) is 134 Å². The molecule has 0 radical (unpaired) electrons. The van der Waals surface area contributed by atoms with Crippen LogP contribution in [-0.2, 0) is 36.6 Å². The van der Waals surface area contributed by atoms with Crippen LogP contribution in [0.5, 0.6) is 0 Å². The summed E-state index contributed by atoms with van der Waals surface area (Å²) in [6, 6.07) is 59.7. The average molecular weight is 1170 g/mol. The molecule has 2 atom stereocenters. The number of aromatic nitrogens is 2. The van der Waals surface area contributed by atoms with E-state index < -0.39 is 11.1 Å². The van der Waals surface area contributed by atoms with E-state index in [1.165, 1.54) is 66.6 Å². The van der Waals surface area contributed by atoms with Crippen molar-refractivity contribution in [3.8, 4) is 16.9 Å². The maximum atomic E-state index is 7.62. The van der Waals surface area contributed by atoms with Gasteiger partial charge in [-0.15, -0.1) is 35.2 Å². The number of pyridine rings is 1. The van der Waals surface area contributed by atoms with Crippen molar-refractivity contribution in [2.24, 2.45) is 10.4 Å². The molecule has 0 saturated carbocycles. The van der Waals surface area contributed by atoms with Gasteiger partial charge in [0.05, 0.1) is 0 Å². The van der Waals surface area contributed by atoms with E-state index >= 15 is 0 Å². The molecular weight excluding hydrogens is 1100 g/mol. The van der Waals surface area contributed by atoms with Crippen molar-refractivity contribution in [1.29, 1.82) is 0 Å². The van der Waals surface area contributed by atoms with Gasteiger partial charge in [0.15, 0.2) is 0 Å². The first-order valence-corrected chi connectivity index (χ1v) is 26.4. The second-order valence-corrected chi connectivity index (χ2v) is 24.4. The molecule has 11 rings (SSSR count). The Balaban J connectivity index is 0.00000641. The number of nitrogens with zero attached hydrogens (tertiary/aromatic N) is 4. The molecule has 382 valence electrons. The van der Waals surface area contributed by atoms with Crippen molar-refractivity contribution in [2.45, 2.75) is 132 Å². The normalized spacial score (nSPS) is 18.2. The number of hydrogen-bond acceptors (Lipinski definition) is 4. The van der Waals surface area contributed by atoms with Gasteiger partial charge in [0.1, 0.15) is 22.9 Å². The summed E-state index contributed by atoms with van der Waals surface area (Å²) in [4.78, 5) is 13.4. The summed E-state index contributed by atoms with van der Waals surface area (Å²) in [5.41, 5.74) is 18.0. The summed E-state index contributed by atoms with van der Waals surface area (Å²) in [6.07, 6.45) is 1.95. The molecule has 0 fully saturated rings. The Morgan fingerprint density at radius 2 is 1.24 bits per heavy atom. The first kappa shape index (κ1) is 51.9. The fraction of sp³-hybridized carbons (Fsp3) is 0.304. The van der Waals surface area contributed by atoms with Crippen LogP contribution in [0.25, 0.3) is 38.8 Å². The van der Waals surface area contributed by atoms with Crippen LogP contribution in [0.15, 0.2) is 151 Å². The number of aliphatic imine (C=N–C) groups is 1. The smallest absolute Gasteiger partial charge is 0.511 e. The van der Waals surface area contributed by atoms with Crippen LogP contribution in [0, 0.1) is 52.2 Å². The molecule has 2 aliphatic rings. The zero-order valence-electron chi connectivity index (χ0n) is 46.4. The van der Waals surface area contributed by atoms with Gasteiger partial charge in [-0.3, -0.25) is 4.99 Å². The molecule has 2 aromatic heterocycles. The molecule has 0 saturated heterocycles. The minimum Gasteiger partial charge on any atom is -0.511 e. The maximum absolute atomic E-state index is 7.62. The molecule has 6 heteroatoms. The van der Waals surface area contributed by atoms with Crippen molar-refractivity contribution in [1.82, 2.24) is 9.55 Å². The molecule has 5 nitrogen and oxygen atoms in total. The van der Waals surface area contributed by atoms with E-state index in [1.54, 1.807) is 0 Å². The predicted molar refractivity (Wildman–Crippen MR) is 309 cm³/mol. The molecule has 9 aromatic rings. The molecular formula is C69H70N4OPt. The van der Waals surface area contributed by atoms with E-state index in [1.807, 2.05) is 6.20 Å². The van der Waals surface area contributed by atoms with Crippen LogP contribution in [0.1, 0.15) is 136 Å². The van der Waals surface area contributed by atoms with E-state index in [4.69, 9.17) is 14.7 Å². The molecule has 7 aromatic carbocycles. The van der Waals surface area contributed by atoms with Crippen LogP contribution in [0.3, 0.4) is 0 Å². The molecule has 0 aliphatic carbocycles. The third kappa shape index (κ3) is 8.40. The van der Waals surface area contributed by atoms with Crippen molar-refractivity contribution in [3.63, 3.8) is 0 Å². The van der Waals surface area contributed by atoms with E-state index in [0.717, 1.165) is 50.4 Å². The summed E-state index contributed by atoms with van der Waals surface area (Å²) in [6.45, 7) is 34.0. The fourth-order valence-electron chi connectivity index (χ4n) is 12.6. The zero-order chi connectivity index (χ0) is 52.4. The Morgan fingerprint density at radius 3 is 1.87 bits per heavy atom. The Morgan fingerprint density at radius 1 is 0.613 bits per heavy atom. The van der Waals surface area contributed by atoms with Crippen LogP contribution >= 0.6 is 0 Å². The van der Waals surface area contributed by atoms with Crippen molar-refractivity contribution >= 4 is 44.8 Å². The Hall–Kier alpha value is -6.55. The third-order valence-corrected chi connectivity index (χ3v) is 16.9. The first-order valence-electron chi connectivity index (χ1n) is 26.4. The summed E-state index contributed by atoms with van der Waals surface area (Å²) < 4.78 is 9.95. The quantitative estimate of drug-likeness (QED) is 0.149. The average Bonchev–Trinajstić information content (AvgIpc) is 3.83. The number of anilines is 3. The molecule has 0 N–H and O–H groups in total. The van der Waals surface area contributed by atoms with Crippen molar-refractivity contribution in [3.05, 3.63) is 219 Å². The summed E-state index contributed by atoms with van der Waals surface area (Å²) >= 11 is 0. The van der Waals surface area contributed by atoms with Crippen molar-refractivity contribution in [2.75, 3.05) is 4.90 Å². The van der Waals surface area contributed by atoms with Gasteiger partial charge in [0, 0.05) is 28.7 Å². The van der Waals surface area contributed by atoms with E-state index in [0.29, 0.717) is 5.90 Å². The van der Waals surface area contributed by atoms with Gasteiger partial charge in [-0.25, -0.2) is 4.98 Å². The largest absolute Gasteiger partial charge is 2.00 e. The topological polar surface area (TPSA) is 42.6 Å². The van der Waals surface area contributed by atoms with E-state index in [2.05, 4.69) is 265 Å². The van der Waals surface area contributed by atoms with Gasteiger partial charge >= 0.3 is 21.1 Å². The molecule has 2 aliphatic heterocycles. The number of fused-ring (bicyclic) bond motifs is 5. The summed E-state index contributed by atoms with van der Waals surface area (Å²) in [7, 11) is 0. The zero-order valence-corrected chi connectivity index (χ0v) is 48.7. The SMILES string of the molecule is Cc1cc(C)c(-c2cc(C3=N[C@](C)(C(c4ccccc4)c4ccccc4)[C@@](C)(C(C)(C)C)O3)[c-]c(N3c4[c-]c5c(cc4C(C)(C)c4cc(C)ccc43)c3cc(C)ccc3n5-c3cc(C(C)(C)C)ccn3)c2)c(C)c1.[Pt+2]. The number of rotatable bonds is 7. The van der Waals surface area contributed by atoms with Crippen LogP contribution in [0.4, 0.5) is 17.1 Å². The van der Waals surface area contributed by atoms with Gasteiger partial charge in [0.25, 0.3) is 0 Å². The van der Waals surface area contributed by atoms with Gasteiger partial charge in [-0.1, -0.05) is 191 Å². The molecule has 0 unspecified atom stereocenters. The fourth-order valence-corrected chi connectivity index (χ4v) is 12.6. The van der Waals surface area contributed by atoms with Crippen LogP contribution in [-0.4, -0.2) is 26.6 Å². The Bertz CT molecular complexity index is 3680. The minimum absolute atomic E-state index is 0. The number of ether oxygens (including phenoxy) is 1. The second-order valence-electron chi connectivity index (χ2n) is 24.4. The number of aryl methyl sites for hydroxylation is 5. The monoisotopic (exact) mass is 1170 g/mol. The molecule has 75 heavy (non-hydrogen) atoms. The molecule has 0 amide bonds. The van der Waals surface area contributed by atoms with Crippen molar-refractivity contribution < 1.29 is 25.8 Å². The van der Waals surface area contributed by atoms with Crippen LogP contribution in [0.2, 0.25) is 0 Å². The summed E-state index contributed by atoms with van der Waals surface area (Å²) in [5, 5.41) is 2.34.